The summed E-state index contributed by atoms with van der Waals surface area (Å²) in [6, 6.07) is 5.15. The molecule has 3 nitrogen and oxygen atoms in total. The average molecular weight is 281 g/mol. The van der Waals surface area contributed by atoms with E-state index in [4.69, 9.17) is 11.0 Å². The van der Waals surface area contributed by atoms with Crippen LogP contribution in [0.2, 0.25) is 0 Å². The summed E-state index contributed by atoms with van der Waals surface area (Å²) in [5.41, 5.74) is 7.08. The maximum Gasteiger partial charge on any atom is 0.139 e. The second-order valence-electron chi connectivity index (χ2n) is 4.19. The van der Waals surface area contributed by atoms with Crippen LogP contribution in [0.25, 0.3) is 0 Å². The Balaban J connectivity index is 2.42. The molecule has 1 aliphatic rings. The first kappa shape index (κ1) is 11.4. The minimum atomic E-state index is -0.184. The van der Waals surface area contributed by atoms with Gasteiger partial charge in [-0.15, -0.1) is 0 Å². The van der Waals surface area contributed by atoms with E-state index < -0.39 is 0 Å². The van der Waals surface area contributed by atoms with Gasteiger partial charge < -0.3 is 10.8 Å². The molecular weight excluding hydrogens is 268 g/mol. The van der Waals surface area contributed by atoms with E-state index in [1.165, 1.54) is 6.42 Å². The molecule has 4 heteroatoms. The van der Waals surface area contributed by atoms with Crippen molar-refractivity contribution in [2.75, 3.05) is 0 Å². The van der Waals surface area contributed by atoms with Crippen molar-refractivity contribution in [2.24, 2.45) is 11.7 Å². The summed E-state index contributed by atoms with van der Waals surface area (Å²) < 4.78 is 0.781. The van der Waals surface area contributed by atoms with Crippen LogP contribution >= 0.6 is 15.9 Å². The largest absolute Gasteiger partial charge is 0.506 e. The number of rotatable bonds is 2. The molecule has 2 rings (SSSR count). The van der Waals surface area contributed by atoms with Gasteiger partial charge >= 0.3 is 0 Å². The van der Waals surface area contributed by atoms with Crippen LogP contribution in [-0.4, -0.2) is 5.11 Å². The van der Waals surface area contributed by atoms with Crippen molar-refractivity contribution in [3.8, 4) is 11.8 Å². The number of hydrogen-bond donors (Lipinski definition) is 2. The zero-order chi connectivity index (χ0) is 11.7. The van der Waals surface area contributed by atoms with E-state index in [2.05, 4.69) is 15.9 Å². The third-order valence-electron chi connectivity index (χ3n) is 3.28. The van der Waals surface area contributed by atoms with Gasteiger partial charge in [-0.3, -0.25) is 0 Å². The Bertz CT molecular complexity index is 449. The molecule has 0 unspecified atom stereocenters. The van der Waals surface area contributed by atoms with Crippen LogP contribution in [0, 0.1) is 17.2 Å². The van der Waals surface area contributed by atoms with Crippen LogP contribution < -0.4 is 5.73 Å². The predicted octanol–water partition coefficient (Wildman–Crippen LogP) is 2.83. The first-order valence-corrected chi connectivity index (χ1v) is 6.11. The van der Waals surface area contributed by atoms with Crippen LogP contribution in [0.4, 0.5) is 0 Å². The molecule has 16 heavy (non-hydrogen) atoms. The van der Waals surface area contributed by atoms with Crippen molar-refractivity contribution in [3.63, 3.8) is 0 Å². The lowest BCUT2D eigenvalue weighted by Crippen LogP contribution is -2.27. The smallest absolute Gasteiger partial charge is 0.139 e. The maximum atomic E-state index is 9.98. The third kappa shape index (κ3) is 1.81. The van der Waals surface area contributed by atoms with E-state index in [1.54, 1.807) is 12.1 Å². The van der Waals surface area contributed by atoms with E-state index >= 15 is 0 Å². The van der Waals surface area contributed by atoms with Gasteiger partial charge in [0.05, 0.1) is 5.56 Å². The molecule has 0 aromatic heterocycles. The van der Waals surface area contributed by atoms with Crippen molar-refractivity contribution in [3.05, 3.63) is 27.7 Å². The van der Waals surface area contributed by atoms with E-state index in [1.807, 2.05) is 6.07 Å². The Labute approximate surface area is 103 Å². The minimum Gasteiger partial charge on any atom is -0.506 e. The SMILES string of the molecule is N#Cc1ccc(Br)c([C@@H](N)C2CCC2)c1O. The quantitative estimate of drug-likeness (QED) is 0.875. The summed E-state index contributed by atoms with van der Waals surface area (Å²) >= 11 is 3.38. The number of nitrogens with two attached hydrogens (primary N) is 1. The molecule has 84 valence electrons. The molecule has 1 saturated carbocycles. The number of nitrogens with zero attached hydrogens (tertiary/aromatic N) is 1. The fourth-order valence-corrected chi connectivity index (χ4v) is 2.61. The number of halogens is 1. The van der Waals surface area contributed by atoms with Crippen molar-refractivity contribution >= 4 is 15.9 Å². The average Bonchev–Trinajstić information content (AvgIpc) is 2.15. The van der Waals surface area contributed by atoms with Crippen molar-refractivity contribution in [2.45, 2.75) is 25.3 Å². The monoisotopic (exact) mass is 280 g/mol. The summed E-state index contributed by atoms with van der Waals surface area (Å²) in [4.78, 5) is 0. The molecule has 0 heterocycles. The number of hydrogen-bond acceptors (Lipinski definition) is 3. The molecule has 0 aliphatic heterocycles. The molecule has 0 saturated heterocycles. The van der Waals surface area contributed by atoms with E-state index in [0.29, 0.717) is 11.5 Å². The fraction of sp³-hybridized carbons (Fsp3) is 0.417. The maximum absolute atomic E-state index is 9.98. The van der Waals surface area contributed by atoms with E-state index in [9.17, 15) is 5.11 Å². The van der Waals surface area contributed by atoms with Gasteiger partial charge in [-0.05, 0) is 30.9 Å². The van der Waals surface area contributed by atoms with Crippen LogP contribution in [0.15, 0.2) is 16.6 Å². The van der Waals surface area contributed by atoms with Crippen LogP contribution in [0.5, 0.6) is 5.75 Å². The molecule has 1 aliphatic carbocycles. The number of benzene rings is 1. The summed E-state index contributed by atoms with van der Waals surface area (Å²) in [5, 5.41) is 18.8. The van der Waals surface area contributed by atoms with E-state index in [0.717, 1.165) is 17.3 Å². The molecule has 3 N–H and O–H groups in total. The van der Waals surface area contributed by atoms with Gasteiger partial charge in [-0.2, -0.15) is 5.26 Å². The van der Waals surface area contributed by atoms with Crippen molar-refractivity contribution < 1.29 is 5.11 Å². The van der Waals surface area contributed by atoms with Gasteiger partial charge in [0.2, 0.25) is 0 Å². The highest BCUT2D eigenvalue weighted by Gasteiger charge is 2.29. The van der Waals surface area contributed by atoms with Gasteiger partial charge in [0.1, 0.15) is 11.8 Å². The molecule has 0 bridgehead atoms. The molecular formula is C12H13BrN2O. The highest BCUT2D eigenvalue weighted by atomic mass is 79.9. The second kappa shape index (κ2) is 4.44. The summed E-state index contributed by atoms with van der Waals surface area (Å²) in [6.07, 6.45) is 3.41. The predicted molar refractivity (Wildman–Crippen MR) is 64.8 cm³/mol. The first-order valence-electron chi connectivity index (χ1n) is 5.32. The van der Waals surface area contributed by atoms with Gasteiger partial charge in [0.25, 0.3) is 0 Å². The first-order chi connectivity index (χ1) is 7.65. The Kier molecular flexibility index (Phi) is 3.17. The highest BCUT2D eigenvalue weighted by molar-refractivity contribution is 9.10. The Morgan fingerprint density at radius 1 is 1.50 bits per heavy atom. The normalized spacial score (nSPS) is 17.6. The van der Waals surface area contributed by atoms with Crippen LogP contribution in [0.1, 0.15) is 36.4 Å². The van der Waals surface area contributed by atoms with Crippen LogP contribution in [-0.2, 0) is 0 Å². The third-order valence-corrected chi connectivity index (χ3v) is 3.97. The molecule has 1 aromatic carbocycles. The number of nitriles is 1. The zero-order valence-electron chi connectivity index (χ0n) is 8.78. The molecule has 0 spiro atoms. The molecule has 1 fully saturated rings. The lowest BCUT2D eigenvalue weighted by Gasteiger charge is -2.32. The van der Waals surface area contributed by atoms with Gasteiger partial charge in [-0.25, -0.2) is 0 Å². The lowest BCUT2D eigenvalue weighted by atomic mass is 9.77. The molecule has 0 amide bonds. The number of aromatic hydroxyl groups is 1. The summed E-state index contributed by atoms with van der Waals surface area (Å²) in [5.74, 6) is 0.451. The second-order valence-corrected chi connectivity index (χ2v) is 5.04. The highest BCUT2D eigenvalue weighted by Crippen LogP contribution is 2.42. The lowest BCUT2D eigenvalue weighted by molar-refractivity contribution is 0.260. The molecule has 1 atom stereocenters. The Hall–Kier alpha value is -1.05. The zero-order valence-corrected chi connectivity index (χ0v) is 10.4. The summed E-state index contributed by atoms with van der Waals surface area (Å²) in [6.45, 7) is 0. The van der Waals surface area contributed by atoms with Crippen LogP contribution in [0.3, 0.4) is 0 Å². The van der Waals surface area contributed by atoms with Gasteiger partial charge in [-0.1, -0.05) is 22.4 Å². The number of phenols is 1. The van der Waals surface area contributed by atoms with Gasteiger partial charge in [0, 0.05) is 16.1 Å². The Morgan fingerprint density at radius 2 is 2.19 bits per heavy atom. The molecule has 1 aromatic rings. The Morgan fingerprint density at radius 3 is 2.69 bits per heavy atom. The topological polar surface area (TPSA) is 70.0 Å². The van der Waals surface area contributed by atoms with Gasteiger partial charge in [0.15, 0.2) is 0 Å². The van der Waals surface area contributed by atoms with E-state index in [-0.39, 0.29) is 17.4 Å². The fourth-order valence-electron chi connectivity index (χ4n) is 2.03. The molecule has 0 radical (unpaired) electrons. The summed E-state index contributed by atoms with van der Waals surface area (Å²) in [7, 11) is 0. The van der Waals surface area contributed by atoms with Crippen molar-refractivity contribution in [1.29, 1.82) is 5.26 Å². The number of phenolic OH excluding ortho intramolecular Hbond substituents is 1. The standard InChI is InChI=1S/C12H13BrN2O/c13-9-5-4-8(6-14)12(16)10(9)11(15)7-2-1-3-7/h4-5,7,11,16H,1-3,15H2/t11-/m0/s1. The minimum absolute atomic E-state index is 0.0243. The van der Waals surface area contributed by atoms with Crippen molar-refractivity contribution in [1.82, 2.24) is 0 Å².